The Morgan fingerprint density at radius 1 is 1.19 bits per heavy atom. The van der Waals surface area contributed by atoms with E-state index in [-0.39, 0.29) is 0 Å². The second-order valence-electron chi connectivity index (χ2n) is 10.6. The smallest absolute Gasteiger partial charge is 0.0811 e. The molecule has 0 amide bonds. The minimum Gasteiger partial charge on any atom is -0.393 e. The highest BCUT2D eigenvalue weighted by molar-refractivity contribution is 5.38. The molecule has 0 heterocycles. The molecule has 0 aromatic heterocycles. The van der Waals surface area contributed by atoms with Gasteiger partial charge in [-0.05, 0) is 78.4 Å². The second kappa shape index (κ2) is 10.1. The number of aliphatic hydroxyl groups excluding tert-OH is 2. The number of hydrogen-bond acceptors (Lipinski definition) is 3. The number of fused-ring (bicyclic) bond motifs is 1. The van der Waals surface area contributed by atoms with Crippen molar-refractivity contribution in [1.29, 1.82) is 0 Å². The number of ether oxygens (including phenoxy) is 1. The summed E-state index contributed by atoms with van der Waals surface area (Å²) in [7, 11) is 0. The summed E-state index contributed by atoms with van der Waals surface area (Å²) in [5.74, 6) is 1.86. The summed E-state index contributed by atoms with van der Waals surface area (Å²) in [6.07, 6.45) is 10.6. The van der Waals surface area contributed by atoms with E-state index < -0.39 is 12.2 Å². The van der Waals surface area contributed by atoms with Crippen molar-refractivity contribution in [3.63, 3.8) is 0 Å². The maximum absolute atomic E-state index is 10.2. The number of rotatable bonds is 6. The Hall–Kier alpha value is -1.68. The summed E-state index contributed by atoms with van der Waals surface area (Å²) < 4.78 is 6.12. The van der Waals surface area contributed by atoms with E-state index >= 15 is 0 Å². The van der Waals surface area contributed by atoms with Gasteiger partial charge >= 0.3 is 0 Å². The number of aliphatic hydroxyl groups is 2. The van der Waals surface area contributed by atoms with Gasteiger partial charge in [0.25, 0.3) is 0 Å². The number of hydrogen-bond donors (Lipinski definition) is 2. The van der Waals surface area contributed by atoms with Crippen molar-refractivity contribution in [2.24, 2.45) is 23.2 Å². The molecule has 3 nitrogen and oxygen atoms in total. The lowest BCUT2D eigenvalue weighted by atomic mass is 9.61. The van der Waals surface area contributed by atoms with Gasteiger partial charge in [-0.3, -0.25) is 0 Å². The quantitative estimate of drug-likeness (QED) is 0.577. The first-order chi connectivity index (χ1) is 15.4. The van der Waals surface area contributed by atoms with Crippen molar-refractivity contribution in [1.82, 2.24) is 0 Å². The SMILES string of the molecule is C=C1/C(=C\C=C2/CCCC3(C)[C@@H]([C@H](C)COCc4ccccc4)CC[C@@H]23)C[C@@H](O)CC1O. The molecule has 0 aliphatic heterocycles. The first-order valence-electron chi connectivity index (χ1n) is 12.4. The third-order valence-corrected chi connectivity index (χ3v) is 8.48. The molecule has 3 heteroatoms. The summed E-state index contributed by atoms with van der Waals surface area (Å²) in [6.45, 7) is 10.5. The lowest BCUT2D eigenvalue weighted by Crippen LogP contribution is -2.37. The van der Waals surface area contributed by atoms with E-state index in [1.54, 1.807) is 5.57 Å². The van der Waals surface area contributed by atoms with Gasteiger partial charge in [0.15, 0.2) is 0 Å². The van der Waals surface area contributed by atoms with Crippen LogP contribution in [0.4, 0.5) is 0 Å². The summed E-state index contributed by atoms with van der Waals surface area (Å²) in [4.78, 5) is 0. The van der Waals surface area contributed by atoms with Gasteiger partial charge in [0.05, 0.1) is 18.8 Å². The molecule has 6 atom stereocenters. The zero-order chi connectivity index (χ0) is 22.7. The van der Waals surface area contributed by atoms with Gasteiger partial charge in [0, 0.05) is 13.0 Å². The Morgan fingerprint density at radius 3 is 2.75 bits per heavy atom. The van der Waals surface area contributed by atoms with Crippen molar-refractivity contribution in [2.45, 2.75) is 77.6 Å². The summed E-state index contributed by atoms with van der Waals surface area (Å²) in [5, 5.41) is 20.2. The fourth-order valence-electron chi connectivity index (χ4n) is 6.73. The molecular formula is C29H40O3. The Labute approximate surface area is 193 Å². The predicted octanol–water partition coefficient (Wildman–Crippen LogP) is 5.98. The average molecular weight is 437 g/mol. The standard InChI is InChI=1S/C29H40O3/c1-20(18-32-19-22-8-5-4-6-9-22)26-13-14-27-23(10-7-15-29(26,27)3)11-12-24-16-25(30)17-28(31)21(24)2/h4-6,8-9,11-12,20,25-28,30-31H,2,7,10,13-19H2,1,3H3/b23-11+,24-12-/t20-,25-,26-,27+,28?,29?/m1/s1. The molecule has 1 aromatic rings. The van der Waals surface area contributed by atoms with Crippen LogP contribution >= 0.6 is 0 Å². The van der Waals surface area contributed by atoms with Gasteiger partial charge in [-0.2, -0.15) is 0 Å². The third kappa shape index (κ3) is 4.95. The van der Waals surface area contributed by atoms with E-state index in [4.69, 9.17) is 4.74 Å². The van der Waals surface area contributed by atoms with Crippen LogP contribution in [-0.4, -0.2) is 29.0 Å². The monoisotopic (exact) mass is 436 g/mol. The fourth-order valence-corrected chi connectivity index (χ4v) is 6.73. The lowest BCUT2D eigenvalue weighted by Gasteiger charge is -2.44. The third-order valence-electron chi connectivity index (χ3n) is 8.48. The molecule has 4 rings (SSSR count). The normalized spacial score (nSPS) is 36.4. The van der Waals surface area contributed by atoms with Crippen LogP contribution < -0.4 is 0 Å². The highest BCUT2D eigenvalue weighted by Gasteiger charge is 2.50. The van der Waals surface area contributed by atoms with Crippen LogP contribution in [0.1, 0.15) is 64.4 Å². The van der Waals surface area contributed by atoms with Crippen LogP contribution in [0.15, 0.2) is 65.8 Å². The highest BCUT2D eigenvalue weighted by atomic mass is 16.5. The zero-order valence-corrected chi connectivity index (χ0v) is 19.8. The minimum absolute atomic E-state index is 0.334. The molecule has 3 fully saturated rings. The molecule has 3 saturated carbocycles. The number of allylic oxidation sites excluding steroid dienone is 3. The van der Waals surface area contributed by atoms with Gasteiger partial charge < -0.3 is 14.9 Å². The topological polar surface area (TPSA) is 49.7 Å². The van der Waals surface area contributed by atoms with E-state index in [1.165, 1.54) is 31.2 Å². The Kier molecular flexibility index (Phi) is 7.39. The Balaban J connectivity index is 1.41. The van der Waals surface area contributed by atoms with Gasteiger partial charge in [-0.1, -0.05) is 68.5 Å². The van der Waals surface area contributed by atoms with Crippen LogP contribution in [0, 0.1) is 23.2 Å². The van der Waals surface area contributed by atoms with Gasteiger partial charge in [0.1, 0.15) is 0 Å². The molecule has 2 unspecified atom stereocenters. The first-order valence-corrected chi connectivity index (χ1v) is 12.4. The summed E-state index contributed by atoms with van der Waals surface area (Å²) >= 11 is 0. The van der Waals surface area contributed by atoms with E-state index in [0.29, 0.717) is 42.6 Å². The minimum atomic E-state index is -0.618. The van der Waals surface area contributed by atoms with Crippen molar-refractivity contribution < 1.29 is 14.9 Å². The van der Waals surface area contributed by atoms with Crippen LogP contribution in [0.3, 0.4) is 0 Å². The van der Waals surface area contributed by atoms with Gasteiger partial charge in [0.2, 0.25) is 0 Å². The maximum atomic E-state index is 10.2. The van der Waals surface area contributed by atoms with E-state index in [2.05, 4.69) is 56.8 Å². The predicted molar refractivity (Wildman–Crippen MR) is 130 cm³/mol. The average Bonchev–Trinajstić information content (AvgIpc) is 3.13. The van der Waals surface area contributed by atoms with Crippen molar-refractivity contribution in [3.05, 3.63) is 71.3 Å². The van der Waals surface area contributed by atoms with Gasteiger partial charge in [-0.25, -0.2) is 0 Å². The zero-order valence-electron chi connectivity index (χ0n) is 19.8. The molecule has 0 spiro atoms. The Bertz CT molecular complexity index is 854. The summed E-state index contributed by atoms with van der Waals surface area (Å²) in [6, 6.07) is 10.4. The molecular weight excluding hydrogens is 396 g/mol. The van der Waals surface area contributed by atoms with E-state index in [1.807, 2.05) is 6.07 Å². The maximum Gasteiger partial charge on any atom is 0.0811 e. The molecule has 3 aliphatic carbocycles. The van der Waals surface area contributed by atoms with Crippen molar-refractivity contribution in [2.75, 3.05) is 6.61 Å². The van der Waals surface area contributed by atoms with Crippen molar-refractivity contribution in [3.8, 4) is 0 Å². The van der Waals surface area contributed by atoms with Crippen LogP contribution in [-0.2, 0) is 11.3 Å². The van der Waals surface area contributed by atoms with Crippen LogP contribution in [0.25, 0.3) is 0 Å². The largest absolute Gasteiger partial charge is 0.393 e. The van der Waals surface area contributed by atoms with Crippen LogP contribution in [0.5, 0.6) is 0 Å². The summed E-state index contributed by atoms with van der Waals surface area (Å²) in [5.41, 5.74) is 4.91. The van der Waals surface area contributed by atoms with Crippen LogP contribution in [0.2, 0.25) is 0 Å². The molecule has 174 valence electrons. The van der Waals surface area contributed by atoms with E-state index in [9.17, 15) is 10.2 Å². The molecule has 32 heavy (non-hydrogen) atoms. The molecule has 2 N–H and O–H groups in total. The molecule has 0 saturated heterocycles. The second-order valence-corrected chi connectivity index (χ2v) is 10.6. The van der Waals surface area contributed by atoms with Gasteiger partial charge in [-0.15, -0.1) is 0 Å². The first kappa shape index (κ1) is 23.5. The van der Waals surface area contributed by atoms with E-state index in [0.717, 1.165) is 24.2 Å². The number of benzene rings is 1. The molecule has 0 radical (unpaired) electrons. The van der Waals surface area contributed by atoms with Crippen molar-refractivity contribution >= 4 is 0 Å². The molecule has 1 aromatic carbocycles. The lowest BCUT2D eigenvalue weighted by molar-refractivity contribution is 0.0277. The fraction of sp³-hybridized carbons (Fsp3) is 0.586. The molecule has 3 aliphatic rings. The molecule has 0 bridgehead atoms. The Morgan fingerprint density at radius 2 is 1.97 bits per heavy atom. The highest BCUT2D eigenvalue weighted by Crippen LogP contribution is 2.59.